The van der Waals surface area contributed by atoms with E-state index in [4.69, 9.17) is 14.6 Å². The minimum Gasteiger partial charge on any atom is -0.433 e. The number of hydrogen-bond donors (Lipinski definition) is 5. The Kier molecular flexibility index (Phi) is 9.11. The van der Waals surface area contributed by atoms with Gasteiger partial charge in [-0.2, -0.15) is 0 Å². The quantitative estimate of drug-likeness (QED) is 0.270. The van der Waals surface area contributed by atoms with E-state index in [1.54, 1.807) is 0 Å². The molecule has 5 N–H and O–H groups in total. The second-order valence-electron chi connectivity index (χ2n) is 6.28. The third-order valence-electron chi connectivity index (χ3n) is 4.19. The van der Waals surface area contributed by atoms with Gasteiger partial charge in [-0.25, -0.2) is 0 Å². The van der Waals surface area contributed by atoms with Crippen LogP contribution in [-0.2, 0) is 14.3 Å². The lowest BCUT2D eigenvalue weighted by Gasteiger charge is -2.43. The fourth-order valence-electron chi connectivity index (χ4n) is 2.59. The van der Waals surface area contributed by atoms with Crippen molar-refractivity contribution in [3.05, 3.63) is 0 Å². The zero-order chi connectivity index (χ0) is 18.2. The van der Waals surface area contributed by atoms with E-state index in [0.29, 0.717) is 6.42 Å². The highest BCUT2D eigenvalue weighted by atomic mass is 16.8. The van der Waals surface area contributed by atoms with Gasteiger partial charge in [0.15, 0.2) is 0 Å². The average Bonchev–Trinajstić information content (AvgIpc) is 2.57. The van der Waals surface area contributed by atoms with Gasteiger partial charge in [0, 0.05) is 6.42 Å². The van der Waals surface area contributed by atoms with E-state index in [1.165, 1.54) is 19.3 Å². The SMILES string of the molecule is CCCCCCCCCC(=O)OC1O[C@@](O)(CO)[C@@H](O)[C@H](O)[C@@H]1O. The Morgan fingerprint density at radius 1 is 1.04 bits per heavy atom. The molecule has 1 fully saturated rings. The van der Waals surface area contributed by atoms with Gasteiger partial charge < -0.3 is 35.0 Å². The summed E-state index contributed by atoms with van der Waals surface area (Å²) >= 11 is 0. The van der Waals surface area contributed by atoms with E-state index in [1.807, 2.05) is 0 Å². The Bertz CT molecular complexity index is 377. The summed E-state index contributed by atoms with van der Waals surface area (Å²) in [4.78, 5) is 11.8. The molecule has 0 bridgehead atoms. The fourth-order valence-corrected chi connectivity index (χ4v) is 2.59. The van der Waals surface area contributed by atoms with Gasteiger partial charge in [0.25, 0.3) is 0 Å². The van der Waals surface area contributed by atoms with E-state index in [2.05, 4.69) is 6.92 Å². The van der Waals surface area contributed by atoms with Crippen LogP contribution in [0.25, 0.3) is 0 Å². The Morgan fingerprint density at radius 3 is 2.21 bits per heavy atom. The number of ether oxygens (including phenoxy) is 2. The van der Waals surface area contributed by atoms with Gasteiger partial charge in [0.05, 0.1) is 6.61 Å². The maximum absolute atomic E-state index is 11.8. The molecule has 0 aromatic rings. The van der Waals surface area contributed by atoms with Crippen LogP contribution in [0.1, 0.15) is 58.3 Å². The lowest BCUT2D eigenvalue weighted by Crippen LogP contribution is -2.66. The van der Waals surface area contributed by atoms with Crippen LogP contribution in [0.5, 0.6) is 0 Å². The molecule has 142 valence electrons. The minimum absolute atomic E-state index is 0.122. The first-order valence-corrected chi connectivity index (χ1v) is 8.60. The summed E-state index contributed by atoms with van der Waals surface area (Å²) in [6.07, 6.45) is 0.256. The van der Waals surface area contributed by atoms with Crippen molar-refractivity contribution in [2.24, 2.45) is 0 Å². The summed E-state index contributed by atoms with van der Waals surface area (Å²) in [6.45, 7) is 1.12. The van der Waals surface area contributed by atoms with Crippen molar-refractivity contribution in [1.29, 1.82) is 0 Å². The molecule has 1 aliphatic heterocycles. The monoisotopic (exact) mass is 350 g/mol. The first kappa shape index (κ1) is 21.3. The molecular weight excluding hydrogens is 320 g/mol. The predicted octanol–water partition coefficient (Wildman–Crippen LogP) is -0.210. The van der Waals surface area contributed by atoms with Crippen molar-refractivity contribution in [3.63, 3.8) is 0 Å². The van der Waals surface area contributed by atoms with Crippen molar-refractivity contribution >= 4 is 5.97 Å². The maximum atomic E-state index is 11.8. The highest BCUT2D eigenvalue weighted by Gasteiger charge is 2.53. The van der Waals surface area contributed by atoms with E-state index in [0.717, 1.165) is 19.3 Å². The molecule has 1 rings (SSSR count). The number of esters is 1. The predicted molar refractivity (Wildman–Crippen MR) is 83.6 cm³/mol. The van der Waals surface area contributed by atoms with Gasteiger partial charge in [-0.15, -0.1) is 0 Å². The Hall–Kier alpha value is -0.770. The van der Waals surface area contributed by atoms with Crippen molar-refractivity contribution in [2.45, 2.75) is 88.7 Å². The number of rotatable bonds is 10. The molecule has 0 spiro atoms. The largest absolute Gasteiger partial charge is 0.433 e. The van der Waals surface area contributed by atoms with Crippen LogP contribution < -0.4 is 0 Å². The molecule has 24 heavy (non-hydrogen) atoms. The minimum atomic E-state index is -2.50. The molecule has 1 saturated heterocycles. The summed E-state index contributed by atoms with van der Waals surface area (Å²) in [7, 11) is 0. The van der Waals surface area contributed by atoms with Gasteiger partial charge in [-0.1, -0.05) is 45.4 Å². The molecule has 0 radical (unpaired) electrons. The molecule has 0 saturated carbocycles. The van der Waals surface area contributed by atoms with Gasteiger partial charge >= 0.3 is 5.97 Å². The van der Waals surface area contributed by atoms with E-state index >= 15 is 0 Å². The summed E-state index contributed by atoms with van der Waals surface area (Å²) in [6, 6.07) is 0. The molecular formula is C16H30O8. The van der Waals surface area contributed by atoms with Crippen LogP contribution >= 0.6 is 0 Å². The summed E-state index contributed by atoms with van der Waals surface area (Å²) in [5.41, 5.74) is 0. The smallest absolute Gasteiger partial charge is 0.308 e. The second-order valence-corrected chi connectivity index (χ2v) is 6.28. The third kappa shape index (κ3) is 5.94. The van der Waals surface area contributed by atoms with Crippen molar-refractivity contribution < 1.29 is 39.8 Å². The number of carbonyl (C=O) groups excluding carboxylic acids is 1. The topological polar surface area (TPSA) is 137 Å². The average molecular weight is 350 g/mol. The van der Waals surface area contributed by atoms with E-state index in [-0.39, 0.29) is 6.42 Å². The number of aliphatic hydroxyl groups excluding tert-OH is 4. The van der Waals surface area contributed by atoms with Crippen LogP contribution in [0, 0.1) is 0 Å². The summed E-state index contributed by atoms with van der Waals surface area (Å²) < 4.78 is 9.77. The van der Waals surface area contributed by atoms with Crippen LogP contribution in [0.2, 0.25) is 0 Å². The van der Waals surface area contributed by atoms with Gasteiger partial charge in [-0.05, 0) is 6.42 Å². The van der Waals surface area contributed by atoms with Crippen LogP contribution in [0.15, 0.2) is 0 Å². The first-order valence-electron chi connectivity index (χ1n) is 8.60. The maximum Gasteiger partial charge on any atom is 0.308 e. The van der Waals surface area contributed by atoms with Crippen LogP contribution in [0.4, 0.5) is 0 Å². The second kappa shape index (κ2) is 10.3. The Labute approximate surface area is 142 Å². The molecule has 0 aromatic carbocycles. The lowest BCUT2D eigenvalue weighted by molar-refractivity contribution is -0.390. The number of unbranched alkanes of at least 4 members (excludes halogenated alkanes) is 6. The molecule has 1 aliphatic rings. The molecule has 1 unspecified atom stereocenters. The first-order chi connectivity index (χ1) is 11.4. The standard InChI is InChI=1S/C16H30O8/c1-2-3-4-5-6-7-8-9-11(18)23-15-13(20)12(19)14(21)16(22,10-17)24-15/h12-15,17,19-22H,2-10H2,1H3/t12-,13+,14+,15?,16+/m1/s1. The molecule has 1 heterocycles. The highest BCUT2D eigenvalue weighted by molar-refractivity contribution is 5.69. The molecule has 5 atom stereocenters. The van der Waals surface area contributed by atoms with Crippen LogP contribution in [-0.4, -0.2) is 68.5 Å². The fraction of sp³-hybridized carbons (Fsp3) is 0.938. The van der Waals surface area contributed by atoms with Crippen molar-refractivity contribution in [1.82, 2.24) is 0 Å². The molecule has 0 aliphatic carbocycles. The Balaban J connectivity index is 2.35. The molecule has 0 aromatic heterocycles. The normalized spacial score (nSPS) is 33.4. The number of aliphatic hydroxyl groups is 5. The molecule has 8 heteroatoms. The van der Waals surface area contributed by atoms with Crippen LogP contribution in [0.3, 0.4) is 0 Å². The van der Waals surface area contributed by atoms with E-state index < -0.39 is 43.0 Å². The molecule has 0 amide bonds. The van der Waals surface area contributed by atoms with Gasteiger partial charge in [-0.3, -0.25) is 4.79 Å². The van der Waals surface area contributed by atoms with Crippen molar-refractivity contribution in [2.75, 3.05) is 6.61 Å². The van der Waals surface area contributed by atoms with Gasteiger partial charge in [0.2, 0.25) is 12.1 Å². The summed E-state index contributed by atoms with van der Waals surface area (Å²) in [5.74, 6) is -3.14. The van der Waals surface area contributed by atoms with Gasteiger partial charge in [0.1, 0.15) is 18.3 Å². The Morgan fingerprint density at radius 2 is 1.62 bits per heavy atom. The lowest BCUT2D eigenvalue weighted by atomic mass is 9.96. The van der Waals surface area contributed by atoms with Crippen molar-refractivity contribution in [3.8, 4) is 0 Å². The number of carbonyl (C=O) groups is 1. The third-order valence-corrected chi connectivity index (χ3v) is 4.19. The highest BCUT2D eigenvalue weighted by Crippen LogP contribution is 2.28. The summed E-state index contributed by atoms with van der Waals surface area (Å²) in [5, 5.41) is 48.0. The number of hydrogen-bond acceptors (Lipinski definition) is 8. The van der Waals surface area contributed by atoms with E-state index in [9.17, 15) is 25.2 Å². The zero-order valence-electron chi connectivity index (χ0n) is 14.1. The zero-order valence-corrected chi connectivity index (χ0v) is 14.1. The molecule has 8 nitrogen and oxygen atoms in total.